The number of amides is 1. The monoisotopic (exact) mass is 285 g/mol. The van der Waals surface area contributed by atoms with E-state index in [-0.39, 0.29) is 17.4 Å². The molecule has 1 aliphatic carbocycles. The molecule has 1 amide bonds. The Hall–Kier alpha value is -0.540. The molecule has 1 unspecified atom stereocenters. The molecule has 0 radical (unpaired) electrons. The zero-order valence-electron chi connectivity index (χ0n) is 11.2. The Bertz CT molecular complexity index is 441. The highest BCUT2D eigenvalue weighted by Gasteiger charge is 2.34. The van der Waals surface area contributed by atoms with Gasteiger partial charge in [0.1, 0.15) is 0 Å². The summed E-state index contributed by atoms with van der Waals surface area (Å²) < 4.78 is 0. The minimum absolute atomic E-state index is 0.0347. The van der Waals surface area contributed by atoms with E-state index in [0.717, 1.165) is 19.3 Å². The molecule has 4 heteroatoms. The average molecular weight is 286 g/mol. The fourth-order valence-electron chi connectivity index (χ4n) is 2.36. The number of fused-ring (bicyclic) bond motifs is 1. The Labute approximate surface area is 118 Å². The maximum absolute atomic E-state index is 12.6. The van der Waals surface area contributed by atoms with Crippen LogP contribution in [0.5, 0.6) is 0 Å². The van der Waals surface area contributed by atoms with Crippen LogP contribution < -0.4 is 0 Å². The van der Waals surface area contributed by atoms with Gasteiger partial charge in [-0.3, -0.25) is 4.79 Å². The number of rotatable bonds is 3. The van der Waals surface area contributed by atoms with Crippen LogP contribution in [0.15, 0.2) is 11.4 Å². The van der Waals surface area contributed by atoms with Crippen molar-refractivity contribution in [3.63, 3.8) is 0 Å². The van der Waals surface area contributed by atoms with Gasteiger partial charge in [-0.05, 0) is 50.1 Å². The van der Waals surface area contributed by atoms with Crippen LogP contribution in [0.4, 0.5) is 0 Å². The van der Waals surface area contributed by atoms with Gasteiger partial charge >= 0.3 is 0 Å². The number of aryl methyl sites for hydroxylation is 1. The summed E-state index contributed by atoms with van der Waals surface area (Å²) in [6.07, 6.45) is 3.20. The molecule has 0 spiro atoms. The van der Waals surface area contributed by atoms with Gasteiger partial charge in [0, 0.05) is 17.8 Å². The predicted molar refractivity (Wildman–Crippen MR) is 77.6 cm³/mol. The van der Waals surface area contributed by atoms with Crippen LogP contribution in [0.3, 0.4) is 0 Å². The molecule has 1 aromatic heterocycles. The standard InChI is InChI=1S/C14H20ClNOS/c1-14(2,9-15)16(3)13(17)11-5-4-6-12-10(11)7-8-18-12/h7-8,11H,4-6,9H2,1-3H3. The zero-order valence-corrected chi connectivity index (χ0v) is 12.8. The third kappa shape index (κ3) is 2.43. The third-order valence-electron chi connectivity index (χ3n) is 3.92. The van der Waals surface area contributed by atoms with E-state index in [2.05, 4.69) is 11.4 Å². The van der Waals surface area contributed by atoms with Crippen LogP contribution in [0.2, 0.25) is 0 Å². The number of halogens is 1. The summed E-state index contributed by atoms with van der Waals surface area (Å²) in [6.45, 7) is 4.02. The van der Waals surface area contributed by atoms with E-state index < -0.39 is 0 Å². The number of carbonyl (C=O) groups excluding carboxylic acids is 1. The summed E-state index contributed by atoms with van der Waals surface area (Å²) in [6, 6.07) is 2.11. The molecule has 0 aromatic carbocycles. The second-order valence-electron chi connectivity index (χ2n) is 5.59. The van der Waals surface area contributed by atoms with E-state index in [1.54, 1.807) is 11.3 Å². The molecule has 0 bridgehead atoms. The van der Waals surface area contributed by atoms with Gasteiger partial charge in [0.25, 0.3) is 0 Å². The molecule has 0 saturated carbocycles. The Morgan fingerprint density at radius 2 is 2.33 bits per heavy atom. The number of thiophene rings is 1. The molecule has 100 valence electrons. The summed E-state index contributed by atoms with van der Waals surface area (Å²) in [5, 5.41) is 2.10. The lowest BCUT2D eigenvalue weighted by atomic mass is 9.86. The molecule has 0 N–H and O–H groups in total. The van der Waals surface area contributed by atoms with Gasteiger partial charge in [-0.2, -0.15) is 0 Å². The molecule has 1 aromatic rings. The molecule has 1 atom stereocenters. The topological polar surface area (TPSA) is 20.3 Å². The van der Waals surface area contributed by atoms with Crippen LogP contribution in [0.1, 0.15) is 43.0 Å². The van der Waals surface area contributed by atoms with Crippen LogP contribution in [0, 0.1) is 0 Å². The first-order chi connectivity index (χ1) is 8.47. The molecule has 1 aliphatic rings. The Morgan fingerprint density at radius 3 is 3.00 bits per heavy atom. The smallest absolute Gasteiger partial charge is 0.230 e. The van der Waals surface area contributed by atoms with Crippen molar-refractivity contribution in [1.82, 2.24) is 4.90 Å². The van der Waals surface area contributed by atoms with Gasteiger partial charge in [-0.15, -0.1) is 22.9 Å². The largest absolute Gasteiger partial charge is 0.339 e. The van der Waals surface area contributed by atoms with Gasteiger partial charge in [-0.25, -0.2) is 0 Å². The second-order valence-corrected chi connectivity index (χ2v) is 6.86. The van der Waals surface area contributed by atoms with Crippen LogP contribution in [-0.2, 0) is 11.2 Å². The molecule has 0 aliphatic heterocycles. The number of hydrogen-bond donors (Lipinski definition) is 0. The number of alkyl halides is 1. The van der Waals surface area contributed by atoms with E-state index in [1.165, 1.54) is 10.4 Å². The highest BCUT2D eigenvalue weighted by molar-refractivity contribution is 7.10. The predicted octanol–water partition coefficient (Wildman–Crippen LogP) is 3.64. The summed E-state index contributed by atoms with van der Waals surface area (Å²) in [5.74, 6) is 0.700. The summed E-state index contributed by atoms with van der Waals surface area (Å²) in [4.78, 5) is 15.8. The van der Waals surface area contributed by atoms with Crippen molar-refractivity contribution >= 4 is 28.8 Å². The van der Waals surface area contributed by atoms with Crippen molar-refractivity contribution < 1.29 is 4.79 Å². The van der Waals surface area contributed by atoms with Crippen molar-refractivity contribution in [2.75, 3.05) is 12.9 Å². The fraction of sp³-hybridized carbons (Fsp3) is 0.643. The quantitative estimate of drug-likeness (QED) is 0.777. The van der Waals surface area contributed by atoms with E-state index in [9.17, 15) is 4.79 Å². The van der Waals surface area contributed by atoms with Gasteiger partial charge in [0.2, 0.25) is 5.91 Å². The summed E-state index contributed by atoms with van der Waals surface area (Å²) in [7, 11) is 1.87. The van der Waals surface area contributed by atoms with Crippen LogP contribution in [0.25, 0.3) is 0 Å². The average Bonchev–Trinajstić information content (AvgIpc) is 2.84. The lowest BCUT2D eigenvalue weighted by Crippen LogP contribution is -2.48. The Morgan fingerprint density at radius 1 is 1.61 bits per heavy atom. The number of likely N-dealkylation sites (N-methyl/N-ethyl adjacent to an activating group) is 1. The highest BCUT2D eigenvalue weighted by Crippen LogP contribution is 2.36. The maximum atomic E-state index is 12.6. The van der Waals surface area contributed by atoms with Gasteiger partial charge in [-0.1, -0.05) is 0 Å². The van der Waals surface area contributed by atoms with Gasteiger partial charge < -0.3 is 4.90 Å². The summed E-state index contributed by atoms with van der Waals surface area (Å²) in [5.41, 5.74) is 0.959. The normalized spacial score (nSPS) is 19.4. The first-order valence-corrected chi connectivity index (χ1v) is 7.78. The minimum atomic E-state index is -0.285. The summed E-state index contributed by atoms with van der Waals surface area (Å²) >= 11 is 7.73. The molecular formula is C14H20ClNOS. The van der Waals surface area contributed by atoms with Gasteiger partial charge in [0.15, 0.2) is 0 Å². The van der Waals surface area contributed by atoms with Crippen molar-refractivity contribution in [3.05, 3.63) is 21.9 Å². The Balaban J connectivity index is 2.22. The molecule has 1 heterocycles. The molecule has 18 heavy (non-hydrogen) atoms. The van der Waals surface area contributed by atoms with Crippen molar-refractivity contribution in [2.24, 2.45) is 0 Å². The highest BCUT2D eigenvalue weighted by atomic mass is 35.5. The third-order valence-corrected chi connectivity index (χ3v) is 5.57. The van der Waals surface area contributed by atoms with E-state index in [1.807, 2.05) is 25.8 Å². The van der Waals surface area contributed by atoms with Crippen molar-refractivity contribution in [2.45, 2.75) is 44.6 Å². The number of nitrogens with zero attached hydrogens (tertiary/aromatic N) is 1. The second kappa shape index (κ2) is 5.22. The fourth-order valence-corrected chi connectivity index (χ4v) is 3.53. The first-order valence-electron chi connectivity index (χ1n) is 6.37. The lowest BCUT2D eigenvalue weighted by molar-refractivity contribution is -0.136. The van der Waals surface area contributed by atoms with E-state index >= 15 is 0 Å². The van der Waals surface area contributed by atoms with Crippen molar-refractivity contribution in [3.8, 4) is 0 Å². The van der Waals surface area contributed by atoms with Gasteiger partial charge in [0.05, 0.1) is 11.5 Å². The molecule has 2 nitrogen and oxygen atoms in total. The van der Waals surface area contributed by atoms with E-state index in [4.69, 9.17) is 11.6 Å². The first kappa shape index (κ1) is 13.9. The van der Waals surface area contributed by atoms with E-state index in [0.29, 0.717) is 5.88 Å². The number of hydrogen-bond acceptors (Lipinski definition) is 2. The zero-order chi connectivity index (χ0) is 13.3. The van der Waals surface area contributed by atoms with Crippen molar-refractivity contribution in [1.29, 1.82) is 0 Å². The SMILES string of the molecule is CN(C(=O)C1CCCc2sccc21)C(C)(C)CCl. The molecule has 0 fully saturated rings. The Kier molecular flexibility index (Phi) is 4.02. The molecular weight excluding hydrogens is 266 g/mol. The number of carbonyl (C=O) groups is 1. The minimum Gasteiger partial charge on any atom is -0.339 e. The molecule has 2 rings (SSSR count). The van der Waals surface area contributed by atoms with Crippen LogP contribution in [-0.4, -0.2) is 29.3 Å². The van der Waals surface area contributed by atoms with Crippen LogP contribution >= 0.6 is 22.9 Å². The maximum Gasteiger partial charge on any atom is 0.230 e. The molecule has 0 saturated heterocycles. The lowest BCUT2D eigenvalue weighted by Gasteiger charge is -2.37.